The van der Waals surface area contributed by atoms with Crippen LogP contribution in [0.4, 0.5) is 0 Å². The van der Waals surface area contributed by atoms with E-state index in [4.69, 9.17) is 29.9 Å². The fourth-order valence-electron chi connectivity index (χ4n) is 19.9. The standard InChI is InChI=1S/C112H72N6/c1-111(2)99-30-16-14-27-93(99)104-94(28-17-31-100(104)111)103-89-25-12-8-21-68(89)42-56-96(103)110-117-107(80-48-52-87-74(61-80)40-35-67-20-7-11-24-84(67)87)114-108(118-110)81-49-53-88-75(62-81)41-36-69-32-37-71(63-97(69)88)70-43-54-90-76(58-70)44-57-95(102(90)77-45-55-92-91-26-13-15-29-98(91)112(3,4)101(92)64-77)109-115-105(78-46-50-85-72(59-78)38-33-65-18-5-9-22-82(65)85)113-106(116-109)79-47-51-86-73(60-79)39-34-66-19-6-10-23-83(66)86/h5-64H,1-4H3. The first-order valence-electron chi connectivity index (χ1n) is 40.8. The molecule has 0 fully saturated rings. The molecular formula is C112H72N6. The van der Waals surface area contributed by atoms with Crippen LogP contribution in [0.25, 0.3) is 232 Å². The van der Waals surface area contributed by atoms with Crippen molar-refractivity contribution in [3.8, 4) is 124 Å². The number of nitrogens with zero attached hydrogens (tertiary/aromatic N) is 6. The molecule has 2 heterocycles. The van der Waals surface area contributed by atoms with E-state index in [1.54, 1.807) is 0 Å². The van der Waals surface area contributed by atoms with Gasteiger partial charge in [0.25, 0.3) is 0 Å². The summed E-state index contributed by atoms with van der Waals surface area (Å²) in [6.07, 6.45) is 0. The largest absolute Gasteiger partial charge is 0.208 e. The molecule has 550 valence electrons. The van der Waals surface area contributed by atoms with Crippen LogP contribution in [0.3, 0.4) is 0 Å². The average molecular weight is 1500 g/mol. The van der Waals surface area contributed by atoms with Gasteiger partial charge in [0.15, 0.2) is 34.9 Å². The molecule has 0 radical (unpaired) electrons. The summed E-state index contributed by atoms with van der Waals surface area (Å²) in [6, 6.07) is 134. The van der Waals surface area contributed by atoms with Crippen molar-refractivity contribution in [3.63, 3.8) is 0 Å². The van der Waals surface area contributed by atoms with Gasteiger partial charge in [-0.3, -0.25) is 0 Å². The van der Waals surface area contributed by atoms with Crippen molar-refractivity contribution >= 4 is 108 Å². The number of fused-ring (bicyclic) bond motifs is 20. The summed E-state index contributed by atoms with van der Waals surface area (Å²) in [6.45, 7) is 9.42. The number of benzene rings is 20. The second-order valence-corrected chi connectivity index (χ2v) is 33.2. The zero-order chi connectivity index (χ0) is 78.2. The molecule has 0 N–H and O–H groups in total. The minimum absolute atomic E-state index is 0.195. The van der Waals surface area contributed by atoms with Gasteiger partial charge in [0, 0.05) is 55.3 Å². The topological polar surface area (TPSA) is 77.3 Å². The molecule has 118 heavy (non-hydrogen) atoms. The maximum atomic E-state index is 5.62. The Kier molecular flexibility index (Phi) is 14.7. The fourth-order valence-corrected chi connectivity index (χ4v) is 19.9. The lowest BCUT2D eigenvalue weighted by Crippen LogP contribution is -2.14. The number of hydrogen-bond donors (Lipinski definition) is 0. The van der Waals surface area contributed by atoms with Gasteiger partial charge in [-0.15, -0.1) is 0 Å². The van der Waals surface area contributed by atoms with Crippen molar-refractivity contribution in [2.24, 2.45) is 0 Å². The lowest BCUT2D eigenvalue weighted by Gasteiger charge is -2.22. The summed E-state index contributed by atoms with van der Waals surface area (Å²) >= 11 is 0. The molecule has 2 aliphatic rings. The Labute approximate surface area is 681 Å². The van der Waals surface area contributed by atoms with E-state index < -0.39 is 0 Å². The maximum Gasteiger partial charge on any atom is 0.164 e. The number of hydrogen-bond acceptors (Lipinski definition) is 6. The fraction of sp³-hybridized carbons (Fsp3) is 0.0536. The molecule has 2 aliphatic carbocycles. The molecule has 0 amide bonds. The zero-order valence-corrected chi connectivity index (χ0v) is 65.3. The van der Waals surface area contributed by atoms with E-state index in [-0.39, 0.29) is 10.8 Å². The van der Waals surface area contributed by atoms with E-state index in [9.17, 15) is 0 Å². The van der Waals surface area contributed by atoms with E-state index in [2.05, 4.69) is 392 Å². The molecule has 24 rings (SSSR count). The van der Waals surface area contributed by atoms with Crippen LogP contribution < -0.4 is 0 Å². The minimum Gasteiger partial charge on any atom is -0.208 e. The molecule has 6 heteroatoms. The Morgan fingerprint density at radius 1 is 0.153 bits per heavy atom. The molecule has 0 bridgehead atoms. The molecule has 0 atom stereocenters. The second kappa shape index (κ2) is 25.8. The van der Waals surface area contributed by atoms with E-state index in [0.29, 0.717) is 34.9 Å². The van der Waals surface area contributed by atoms with Crippen LogP contribution in [-0.2, 0) is 10.8 Å². The Morgan fingerprint density at radius 2 is 0.449 bits per heavy atom. The molecule has 6 nitrogen and oxygen atoms in total. The first kappa shape index (κ1) is 67.5. The van der Waals surface area contributed by atoms with Crippen molar-refractivity contribution < 1.29 is 0 Å². The van der Waals surface area contributed by atoms with Gasteiger partial charge in [-0.05, 0) is 229 Å². The SMILES string of the molecule is CC1(C)c2ccccc2-c2ccc(-c3c(-c4nc(-c5ccc6c(ccc7ccccc76)c5)nc(-c5ccc6c(ccc7ccccc76)c5)n4)ccc4cc(-c5ccc6ccc7cc(-c8nc(-c9ccc%10c(ccc%11ccccc%11%10)c9)nc(-c9ccc%10ccccc%10c9-c9cccc%10c9-c9ccccc9C%10(C)C)n8)ccc7c6c5)ccc34)cc21. The minimum atomic E-state index is -0.244. The van der Waals surface area contributed by atoms with Gasteiger partial charge in [-0.2, -0.15) is 0 Å². The van der Waals surface area contributed by atoms with Gasteiger partial charge in [0.1, 0.15) is 0 Å². The summed E-state index contributed by atoms with van der Waals surface area (Å²) in [4.78, 5) is 33.3. The summed E-state index contributed by atoms with van der Waals surface area (Å²) in [5.74, 6) is 3.62. The average Bonchev–Trinajstić information content (AvgIpc) is 1.53. The van der Waals surface area contributed by atoms with Crippen LogP contribution in [0.2, 0.25) is 0 Å². The molecule has 22 aromatic rings. The van der Waals surface area contributed by atoms with Crippen LogP contribution in [0.5, 0.6) is 0 Å². The number of aromatic nitrogens is 6. The van der Waals surface area contributed by atoms with Gasteiger partial charge in [0.05, 0.1) is 0 Å². The molecule has 2 aromatic heterocycles. The summed E-state index contributed by atoms with van der Waals surface area (Å²) in [5.41, 5.74) is 22.0. The van der Waals surface area contributed by atoms with E-state index >= 15 is 0 Å². The van der Waals surface area contributed by atoms with Crippen molar-refractivity contribution in [2.45, 2.75) is 38.5 Å². The molecule has 20 aromatic carbocycles. The number of rotatable bonds is 9. The second-order valence-electron chi connectivity index (χ2n) is 33.2. The van der Waals surface area contributed by atoms with Gasteiger partial charge in [-0.25, -0.2) is 29.9 Å². The molecular weight excluding hydrogens is 1430 g/mol. The normalized spacial score (nSPS) is 13.2. The third-order valence-electron chi connectivity index (χ3n) is 25.9. The Bertz CT molecular complexity index is 8010. The first-order valence-corrected chi connectivity index (χ1v) is 40.8. The maximum absolute atomic E-state index is 5.62. The monoisotopic (exact) mass is 1500 g/mol. The van der Waals surface area contributed by atoms with Crippen molar-refractivity contribution in [3.05, 3.63) is 386 Å². The molecule has 0 saturated heterocycles. The molecule has 0 saturated carbocycles. The summed E-state index contributed by atoms with van der Waals surface area (Å²) < 4.78 is 0. The van der Waals surface area contributed by atoms with Gasteiger partial charge >= 0.3 is 0 Å². The zero-order valence-electron chi connectivity index (χ0n) is 65.3. The first-order chi connectivity index (χ1) is 57.9. The van der Waals surface area contributed by atoms with Crippen LogP contribution >= 0.6 is 0 Å². The summed E-state index contributed by atoms with van der Waals surface area (Å²) in [5, 5.41) is 23.2. The van der Waals surface area contributed by atoms with Crippen molar-refractivity contribution in [1.82, 2.24) is 29.9 Å². The van der Waals surface area contributed by atoms with E-state index in [1.807, 2.05) is 0 Å². The smallest absolute Gasteiger partial charge is 0.164 e. The van der Waals surface area contributed by atoms with Crippen LogP contribution in [-0.4, -0.2) is 29.9 Å². The molecule has 0 spiro atoms. The Balaban J connectivity index is 0.655. The molecule has 0 unspecified atom stereocenters. The van der Waals surface area contributed by atoms with Gasteiger partial charge < -0.3 is 0 Å². The lowest BCUT2D eigenvalue weighted by molar-refractivity contribution is 0.660. The molecule has 0 aliphatic heterocycles. The lowest BCUT2D eigenvalue weighted by atomic mass is 9.81. The highest BCUT2D eigenvalue weighted by Gasteiger charge is 2.39. The van der Waals surface area contributed by atoms with E-state index in [1.165, 1.54) is 93.0 Å². The highest BCUT2D eigenvalue weighted by atomic mass is 15.0. The Morgan fingerprint density at radius 3 is 0.992 bits per heavy atom. The van der Waals surface area contributed by atoms with Crippen LogP contribution in [0.1, 0.15) is 49.9 Å². The van der Waals surface area contributed by atoms with Gasteiger partial charge in [0.2, 0.25) is 0 Å². The Hall–Kier alpha value is -15.0. The predicted octanol–water partition coefficient (Wildman–Crippen LogP) is 29.2. The predicted molar refractivity (Wildman–Crippen MR) is 492 cm³/mol. The van der Waals surface area contributed by atoms with Gasteiger partial charge in [-0.1, -0.05) is 337 Å². The third kappa shape index (κ3) is 10.5. The van der Waals surface area contributed by atoms with Crippen molar-refractivity contribution in [1.29, 1.82) is 0 Å². The quantitative estimate of drug-likeness (QED) is 0.134. The highest BCUT2D eigenvalue weighted by Crippen LogP contribution is 2.56. The van der Waals surface area contributed by atoms with Crippen LogP contribution in [0.15, 0.2) is 364 Å². The highest BCUT2D eigenvalue weighted by molar-refractivity contribution is 6.15. The van der Waals surface area contributed by atoms with Crippen LogP contribution in [0, 0.1) is 0 Å². The van der Waals surface area contributed by atoms with E-state index in [0.717, 1.165) is 126 Å². The summed E-state index contributed by atoms with van der Waals surface area (Å²) in [7, 11) is 0. The van der Waals surface area contributed by atoms with Crippen molar-refractivity contribution in [2.75, 3.05) is 0 Å². The third-order valence-corrected chi connectivity index (χ3v) is 25.9.